The fraction of sp³-hybridized carbons (Fsp3) is 0.238. The Labute approximate surface area is 161 Å². The zero-order valence-corrected chi connectivity index (χ0v) is 14.9. The normalized spacial score (nSPS) is 21.1. The van der Waals surface area contributed by atoms with Crippen LogP contribution in [-0.4, -0.2) is 30.9 Å². The maximum absolute atomic E-state index is 12.4. The van der Waals surface area contributed by atoms with Crippen molar-refractivity contribution in [3.63, 3.8) is 0 Å². The SMILES string of the molecule is O=C1OCC([C@H]2OC(=O)C(OCc3ccccc3)=C2OCc2ccccc2)O1. The third-order valence-electron chi connectivity index (χ3n) is 4.32. The molecule has 144 valence electrons. The molecule has 0 bridgehead atoms. The van der Waals surface area contributed by atoms with Crippen molar-refractivity contribution in [1.29, 1.82) is 0 Å². The van der Waals surface area contributed by atoms with Gasteiger partial charge >= 0.3 is 12.1 Å². The van der Waals surface area contributed by atoms with Crippen LogP contribution >= 0.6 is 0 Å². The van der Waals surface area contributed by atoms with Gasteiger partial charge in [-0.1, -0.05) is 60.7 Å². The summed E-state index contributed by atoms with van der Waals surface area (Å²) in [6, 6.07) is 18.9. The molecule has 1 unspecified atom stereocenters. The molecular formula is C21H18O7. The van der Waals surface area contributed by atoms with E-state index in [0.29, 0.717) is 0 Å². The van der Waals surface area contributed by atoms with Crippen molar-refractivity contribution < 1.29 is 33.3 Å². The van der Waals surface area contributed by atoms with Crippen LogP contribution in [0.3, 0.4) is 0 Å². The molecule has 2 aliphatic heterocycles. The molecule has 7 heteroatoms. The fourth-order valence-corrected chi connectivity index (χ4v) is 2.93. The maximum Gasteiger partial charge on any atom is 0.508 e. The molecule has 0 amide bonds. The van der Waals surface area contributed by atoms with E-state index in [4.69, 9.17) is 23.7 Å². The molecule has 0 aromatic heterocycles. The molecule has 2 aliphatic rings. The first-order valence-corrected chi connectivity index (χ1v) is 8.83. The van der Waals surface area contributed by atoms with E-state index in [9.17, 15) is 9.59 Å². The van der Waals surface area contributed by atoms with Crippen molar-refractivity contribution >= 4 is 12.1 Å². The van der Waals surface area contributed by atoms with Crippen molar-refractivity contribution in [3.05, 3.63) is 83.3 Å². The number of esters is 1. The largest absolute Gasteiger partial charge is 0.508 e. The predicted octanol–water partition coefficient (Wildman–Crippen LogP) is 3.09. The summed E-state index contributed by atoms with van der Waals surface area (Å²) in [6.45, 7) is 0.362. The van der Waals surface area contributed by atoms with Gasteiger partial charge in [0, 0.05) is 0 Å². The van der Waals surface area contributed by atoms with E-state index in [-0.39, 0.29) is 31.3 Å². The number of hydrogen-bond donors (Lipinski definition) is 0. The Bertz CT molecular complexity index is 876. The second-order valence-electron chi connectivity index (χ2n) is 6.29. The third-order valence-corrected chi connectivity index (χ3v) is 4.32. The average molecular weight is 382 g/mol. The minimum absolute atomic E-state index is 0.0206. The van der Waals surface area contributed by atoms with Gasteiger partial charge in [-0.3, -0.25) is 0 Å². The standard InChI is InChI=1S/C21H18O7/c22-20-19(25-12-15-9-5-2-6-10-15)18(24-11-14-7-3-1-4-8-14)17(28-20)16-13-26-21(23)27-16/h1-10,16-17H,11-13H2/t16?,17-/m1/s1. The van der Waals surface area contributed by atoms with Crippen LogP contribution in [0.1, 0.15) is 11.1 Å². The number of hydrogen-bond acceptors (Lipinski definition) is 7. The van der Waals surface area contributed by atoms with E-state index >= 15 is 0 Å². The quantitative estimate of drug-likeness (QED) is 0.681. The Kier molecular flexibility index (Phi) is 5.14. The monoisotopic (exact) mass is 382 g/mol. The van der Waals surface area contributed by atoms with Gasteiger partial charge in [0.15, 0.2) is 11.9 Å². The summed E-state index contributed by atoms with van der Waals surface area (Å²) in [4.78, 5) is 23.7. The van der Waals surface area contributed by atoms with Crippen molar-refractivity contribution in [1.82, 2.24) is 0 Å². The van der Waals surface area contributed by atoms with Crippen molar-refractivity contribution in [2.75, 3.05) is 6.61 Å². The Morgan fingerprint density at radius 1 is 0.821 bits per heavy atom. The molecule has 2 atom stereocenters. The van der Waals surface area contributed by atoms with Crippen LogP contribution in [0.4, 0.5) is 4.79 Å². The predicted molar refractivity (Wildman–Crippen MR) is 95.6 cm³/mol. The summed E-state index contributed by atoms with van der Waals surface area (Å²) in [6.07, 6.45) is -2.49. The summed E-state index contributed by atoms with van der Waals surface area (Å²) in [7, 11) is 0. The van der Waals surface area contributed by atoms with E-state index in [1.807, 2.05) is 60.7 Å². The van der Waals surface area contributed by atoms with Crippen molar-refractivity contribution in [3.8, 4) is 0 Å². The number of ether oxygens (including phenoxy) is 5. The molecule has 2 aromatic carbocycles. The van der Waals surface area contributed by atoms with Crippen molar-refractivity contribution in [2.24, 2.45) is 0 Å². The maximum atomic E-state index is 12.4. The van der Waals surface area contributed by atoms with Gasteiger partial charge in [0.1, 0.15) is 19.8 Å². The molecule has 2 aromatic rings. The summed E-state index contributed by atoms with van der Waals surface area (Å²) < 4.78 is 26.9. The Balaban J connectivity index is 1.55. The number of rotatable bonds is 7. The summed E-state index contributed by atoms with van der Waals surface area (Å²) in [5, 5.41) is 0. The van der Waals surface area contributed by atoms with E-state index < -0.39 is 24.3 Å². The molecule has 0 saturated carbocycles. The van der Waals surface area contributed by atoms with Crippen LogP contribution in [0.15, 0.2) is 72.2 Å². The lowest BCUT2D eigenvalue weighted by atomic mass is 10.1. The molecule has 0 radical (unpaired) electrons. The van der Waals surface area contributed by atoms with Crippen molar-refractivity contribution in [2.45, 2.75) is 25.4 Å². The first-order valence-electron chi connectivity index (χ1n) is 8.83. The molecule has 0 N–H and O–H groups in total. The number of benzene rings is 2. The van der Waals surface area contributed by atoms with E-state index in [1.54, 1.807) is 0 Å². The van der Waals surface area contributed by atoms with Crippen LogP contribution in [0.5, 0.6) is 0 Å². The number of cyclic esters (lactones) is 3. The third kappa shape index (κ3) is 3.93. The highest BCUT2D eigenvalue weighted by Crippen LogP contribution is 2.31. The topological polar surface area (TPSA) is 80.3 Å². The lowest BCUT2D eigenvalue weighted by Gasteiger charge is -2.18. The molecule has 0 spiro atoms. The van der Waals surface area contributed by atoms with Gasteiger partial charge in [-0.05, 0) is 11.1 Å². The smallest absolute Gasteiger partial charge is 0.485 e. The molecular weight excluding hydrogens is 364 g/mol. The van der Waals surface area contributed by atoms with Gasteiger partial charge in [-0.15, -0.1) is 0 Å². The molecule has 28 heavy (non-hydrogen) atoms. The van der Waals surface area contributed by atoms with Gasteiger partial charge < -0.3 is 23.7 Å². The fourth-order valence-electron chi connectivity index (χ4n) is 2.93. The number of carbonyl (C=O) groups is 2. The zero-order chi connectivity index (χ0) is 19.3. The van der Waals surface area contributed by atoms with Gasteiger partial charge in [0.2, 0.25) is 11.9 Å². The summed E-state index contributed by atoms with van der Waals surface area (Å²) in [5.41, 5.74) is 1.81. The second-order valence-corrected chi connectivity index (χ2v) is 6.29. The minimum atomic E-state index is -0.909. The van der Waals surface area contributed by atoms with E-state index in [2.05, 4.69) is 0 Å². The molecule has 1 fully saturated rings. The zero-order valence-electron chi connectivity index (χ0n) is 14.9. The molecule has 0 aliphatic carbocycles. The summed E-state index contributed by atoms with van der Waals surface area (Å²) in [5.74, 6) is -0.479. The van der Waals surface area contributed by atoms with Crippen LogP contribution in [0, 0.1) is 0 Å². The van der Waals surface area contributed by atoms with Crippen LogP contribution in [-0.2, 0) is 41.7 Å². The van der Waals surface area contributed by atoms with E-state index in [0.717, 1.165) is 11.1 Å². The Morgan fingerprint density at radius 3 is 2.00 bits per heavy atom. The molecule has 4 rings (SSSR count). The molecule has 1 saturated heterocycles. The van der Waals surface area contributed by atoms with Crippen LogP contribution in [0.25, 0.3) is 0 Å². The average Bonchev–Trinajstić information content (AvgIpc) is 3.29. The first-order chi connectivity index (χ1) is 13.7. The second kappa shape index (κ2) is 8.04. The van der Waals surface area contributed by atoms with Gasteiger partial charge in [0.05, 0.1) is 0 Å². The lowest BCUT2D eigenvalue weighted by molar-refractivity contribution is -0.147. The lowest BCUT2D eigenvalue weighted by Crippen LogP contribution is -2.31. The van der Waals surface area contributed by atoms with E-state index in [1.165, 1.54) is 0 Å². The minimum Gasteiger partial charge on any atom is -0.485 e. The van der Waals surface area contributed by atoms with Crippen LogP contribution < -0.4 is 0 Å². The highest BCUT2D eigenvalue weighted by Gasteiger charge is 2.47. The molecule has 2 heterocycles. The summed E-state index contributed by atoms with van der Waals surface area (Å²) >= 11 is 0. The van der Waals surface area contributed by atoms with Gasteiger partial charge in [-0.2, -0.15) is 0 Å². The van der Waals surface area contributed by atoms with Gasteiger partial charge in [-0.25, -0.2) is 9.59 Å². The first kappa shape index (κ1) is 17.9. The highest BCUT2D eigenvalue weighted by atomic mass is 16.8. The molecule has 7 nitrogen and oxygen atoms in total. The highest BCUT2D eigenvalue weighted by molar-refractivity contribution is 5.89. The Hall–Kier alpha value is -3.48. The number of carbonyl (C=O) groups excluding carboxylic acids is 2. The van der Waals surface area contributed by atoms with Crippen LogP contribution in [0.2, 0.25) is 0 Å². The van der Waals surface area contributed by atoms with Gasteiger partial charge in [0.25, 0.3) is 0 Å². The Morgan fingerprint density at radius 2 is 1.43 bits per heavy atom.